The highest BCUT2D eigenvalue weighted by atomic mass is 16.6. The van der Waals surface area contributed by atoms with Crippen molar-refractivity contribution in [2.45, 2.75) is 19.9 Å². The Bertz CT molecular complexity index is 436. The van der Waals surface area contributed by atoms with E-state index in [0.717, 1.165) is 43.2 Å². The summed E-state index contributed by atoms with van der Waals surface area (Å²) >= 11 is 0. The van der Waals surface area contributed by atoms with E-state index in [1.807, 2.05) is 12.1 Å². The van der Waals surface area contributed by atoms with Gasteiger partial charge in [-0.25, -0.2) is 0 Å². The highest BCUT2D eigenvalue weighted by Gasteiger charge is 2.16. The van der Waals surface area contributed by atoms with Crippen molar-refractivity contribution in [3.63, 3.8) is 0 Å². The summed E-state index contributed by atoms with van der Waals surface area (Å²) < 4.78 is 11.2. The molecule has 3 N–H and O–H groups in total. The SMILES string of the molecule is CCN(CC)CCNC(CN)c1ccc2c(c1)OCCO2. The van der Waals surface area contributed by atoms with E-state index >= 15 is 0 Å². The van der Waals surface area contributed by atoms with E-state index in [4.69, 9.17) is 15.2 Å². The third-order valence-corrected chi connectivity index (χ3v) is 3.92. The van der Waals surface area contributed by atoms with Crippen LogP contribution in [0, 0.1) is 0 Å². The van der Waals surface area contributed by atoms with Crippen molar-refractivity contribution < 1.29 is 9.47 Å². The second-order valence-corrected chi connectivity index (χ2v) is 5.17. The molecular formula is C16H27N3O2. The Kier molecular flexibility index (Phi) is 6.29. The first-order valence-corrected chi connectivity index (χ1v) is 7.83. The Labute approximate surface area is 127 Å². The van der Waals surface area contributed by atoms with Crippen molar-refractivity contribution in [3.05, 3.63) is 23.8 Å². The van der Waals surface area contributed by atoms with Gasteiger partial charge in [-0.15, -0.1) is 0 Å². The number of nitrogens with two attached hydrogens (primary N) is 1. The van der Waals surface area contributed by atoms with Crippen molar-refractivity contribution in [1.82, 2.24) is 10.2 Å². The van der Waals surface area contributed by atoms with Crippen LogP contribution in [0.15, 0.2) is 18.2 Å². The van der Waals surface area contributed by atoms with E-state index < -0.39 is 0 Å². The molecule has 5 heteroatoms. The molecule has 0 radical (unpaired) electrons. The zero-order chi connectivity index (χ0) is 15.1. The molecule has 5 nitrogen and oxygen atoms in total. The van der Waals surface area contributed by atoms with Crippen LogP contribution in [0.25, 0.3) is 0 Å². The van der Waals surface area contributed by atoms with Gasteiger partial charge in [0.05, 0.1) is 0 Å². The summed E-state index contributed by atoms with van der Waals surface area (Å²) in [6.45, 7) is 10.3. The van der Waals surface area contributed by atoms with E-state index in [2.05, 4.69) is 30.1 Å². The molecule has 118 valence electrons. The molecule has 0 spiro atoms. The number of benzene rings is 1. The van der Waals surface area contributed by atoms with Crippen LogP contribution in [0.3, 0.4) is 0 Å². The van der Waals surface area contributed by atoms with Crippen LogP contribution in [0.4, 0.5) is 0 Å². The second kappa shape index (κ2) is 8.22. The van der Waals surface area contributed by atoms with E-state index in [9.17, 15) is 0 Å². The average molecular weight is 293 g/mol. The zero-order valence-electron chi connectivity index (χ0n) is 13.1. The fraction of sp³-hybridized carbons (Fsp3) is 0.625. The largest absolute Gasteiger partial charge is 0.486 e. The summed E-state index contributed by atoms with van der Waals surface area (Å²) in [7, 11) is 0. The minimum absolute atomic E-state index is 0.149. The summed E-state index contributed by atoms with van der Waals surface area (Å²) in [6.07, 6.45) is 0. The van der Waals surface area contributed by atoms with Gasteiger partial charge in [0, 0.05) is 25.7 Å². The molecule has 0 amide bonds. The molecule has 0 fully saturated rings. The van der Waals surface area contributed by atoms with E-state index in [0.29, 0.717) is 19.8 Å². The number of fused-ring (bicyclic) bond motifs is 1. The standard InChI is InChI=1S/C16H27N3O2/c1-3-19(4-2)8-7-18-14(12-17)13-5-6-15-16(11-13)21-10-9-20-15/h5-6,11,14,18H,3-4,7-10,12,17H2,1-2H3. The second-order valence-electron chi connectivity index (χ2n) is 5.17. The predicted molar refractivity (Wildman–Crippen MR) is 85.0 cm³/mol. The lowest BCUT2D eigenvalue weighted by molar-refractivity contribution is 0.171. The molecule has 0 aromatic heterocycles. The smallest absolute Gasteiger partial charge is 0.161 e. The quantitative estimate of drug-likeness (QED) is 0.758. The minimum atomic E-state index is 0.149. The summed E-state index contributed by atoms with van der Waals surface area (Å²) in [5.41, 5.74) is 7.07. The van der Waals surface area contributed by atoms with Crippen molar-refractivity contribution in [1.29, 1.82) is 0 Å². The molecule has 2 rings (SSSR count). The third kappa shape index (κ3) is 4.33. The molecule has 1 aromatic carbocycles. The van der Waals surface area contributed by atoms with Crippen LogP contribution < -0.4 is 20.5 Å². The maximum atomic E-state index is 5.91. The van der Waals surface area contributed by atoms with Crippen LogP contribution in [-0.2, 0) is 0 Å². The summed E-state index contributed by atoms with van der Waals surface area (Å²) in [5.74, 6) is 1.65. The fourth-order valence-electron chi connectivity index (χ4n) is 2.55. The molecule has 0 bridgehead atoms. The number of likely N-dealkylation sites (N-methyl/N-ethyl adjacent to an activating group) is 1. The first-order valence-electron chi connectivity index (χ1n) is 7.83. The molecule has 1 heterocycles. The molecule has 1 aliphatic heterocycles. The van der Waals surface area contributed by atoms with Gasteiger partial charge in [0.1, 0.15) is 13.2 Å². The van der Waals surface area contributed by atoms with Gasteiger partial charge in [-0.3, -0.25) is 0 Å². The first kappa shape index (κ1) is 16.1. The van der Waals surface area contributed by atoms with Crippen LogP contribution in [-0.4, -0.2) is 50.8 Å². The Morgan fingerprint density at radius 3 is 2.57 bits per heavy atom. The third-order valence-electron chi connectivity index (χ3n) is 3.92. The van der Waals surface area contributed by atoms with Crippen molar-refractivity contribution in [2.75, 3.05) is 45.9 Å². The highest BCUT2D eigenvalue weighted by Crippen LogP contribution is 2.32. The fourth-order valence-corrected chi connectivity index (χ4v) is 2.55. The number of ether oxygens (including phenoxy) is 2. The Morgan fingerprint density at radius 1 is 1.19 bits per heavy atom. The molecule has 1 aromatic rings. The summed E-state index contributed by atoms with van der Waals surface area (Å²) in [6, 6.07) is 6.22. The molecule has 1 unspecified atom stereocenters. The highest BCUT2D eigenvalue weighted by molar-refractivity contribution is 5.44. The van der Waals surface area contributed by atoms with E-state index in [-0.39, 0.29) is 6.04 Å². The Balaban J connectivity index is 1.94. The Morgan fingerprint density at radius 2 is 1.90 bits per heavy atom. The van der Waals surface area contributed by atoms with Gasteiger partial charge in [0.15, 0.2) is 11.5 Å². The number of nitrogens with zero attached hydrogens (tertiary/aromatic N) is 1. The summed E-state index contributed by atoms with van der Waals surface area (Å²) in [5, 5.41) is 3.53. The van der Waals surface area contributed by atoms with Crippen LogP contribution >= 0.6 is 0 Å². The zero-order valence-corrected chi connectivity index (χ0v) is 13.1. The maximum absolute atomic E-state index is 5.91. The monoisotopic (exact) mass is 293 g/mol. The number of rotatable bonds is 8. The van der Waals surface area contributed by atoms with Crippen molar-refractivity contribution >= 4 is 0 Å². The van der Waals surface area contributed by atoms with Gasteiger partial charge in [0.2, 0.25) is 0 Å². The number of nitrogens with one attached hydrogen (secondary N) is 1. The number of hydrogen-bond acceptors (Lipinski definition) is 5. The van der Waals surface area contributed by atoms with E-state index in [1.54, 1.807) is 0 Å². The van der Waals surface area contributed by atoms with Gasteiger partial charge in [-0.05, 0) is 30.8 Å². The van der Waals surface area contributed by atoms with Gasteiger partial charge < -0.3 is 25.4 Å². The molecular weight excluding hydrogens is 266 g/mol. The molecule has 1 atom stereocenters. The normalized spacial score (nSPS) is 15.2. The number of hydrogen-bond donors (Lipinski definition) is 2. The summed E-state index contributed by atoms with van der Waals surface area (Å²) in [4.78, 5) is 2.39. The van der Waals surface area contributed by atoms with E-state index in [1.165, 1.54) is 0 Å². The lowest BCUT2D eigenvalue weighted by Gasteiger charge is -2.24. The van der Waals surface area contributed by atoms with Gasteiger partial charge >= 0.3 is 0 Å². The van der Waals surface area contributed by atoms with Gasteiger partial charge in [-0.2, -0.15) is 0 Å². The lowest BCUT2D eigenvalue weighted by Crippen LogP contribution is -2.36. The van der Waals surface area contributed by atoms with Crippen LogP contribution in [0.2, 0.25) is 0 Å². The van der Waals surface area contributed by atoms with Gasteiger partial charge in [-0.1, -0.05) is 19.9 Å². The molecule has 0 saturated heterocycles. The molecule has 0 saturated carbocycles. The van der Waals surface area contributed by atoms with Gasteiger partial charge in [0.25, 0.3) is 0 Å². The average Bonchev–Trinajstić information content (AvgIpc) is 2.55. The first-order chi connectivity index (χ1) is 10.3. The van der Waals surface area contributed by atoms with Crippen LogP contribution in [0.1, 0.15) is 25.5 Å². The van der Waals surface area contributed by atoms with Crippen LogP contribution in [0.5, 0.6) is 11.5 Å². The maximum Gasteiger partial charge on any atom is 0.161 e. The lowest BCUT2D eigenvalue weighted by atomic mass is 10.1. The predicted octanol–water partition coefficient (Wildman–Crippen LogP) is 1.39. The molecule has 21 heavy (non-hydrogen) atoms. The van der Waals surface area contributed by atoms with Crippen molar-refractivity contribution in [2.24, 2.45) is 5.73 Å². The Hall–Kier alpha value is -1.30. The topological polar surface area (TPSA) is 59.8 Å². The van der Waals surface area contributed by atoms with Crippen molar-refractivity contribution in [3.8, 4) is 11.5 Å². The molecule has 0 aliphatic carbocycles. The minimum Gasteiger partial charge on any atom is -0.486 e. The molecule has 1 aliphatic rings.